The number of aromatic amines is 2. The fourth-order valence-electron chi connectivity index (χ4n) is 4.44. The van der Waals surface area contributed by atoms with Crippen LogP contribution in [-0.4, -0.2) is 55.4 Å². The summed E-state index contributed by atoms with van der Waals surface area (Å²) in [5.74, 6) is 0.0637. The number of likely N-dealkylation sites (N-methyl/N-ethyl adjacent to an activating group) is 1. The first kappa shape index (κ1) is 34.6. The Morgan fingerprint density at radius 1 is 0.977 bits per heavy atom. The summed E-state index contributed by atoms with van der Waals surface area (Å²) >= 11 is 0. The van der Waals surface area contributed by atoms with Crippen LogP contribution in [0.4, 0.5) is 5.69 Å². The lowest BCUT2D eigenvalue weighted by Crippen LogP contribution is -2.33. The summed E-state index contributed by atoms with van der Waals surface area (Å²) < 4.78 is 0.935. The molecule has 0 aliphatic heterocycles. The molecule has 1 amide bonds. The van der Waals surface area contributed by atoms with Gasteiger partial charge in [0.2, 0.25) is 5.91 Å². The van der Waals surface area contributed by atoms with E-state index in [2.05, 4.69) is 48.1 Å². The predicted octanol–water partition coefficient (Wildman–Crippen LogP) is 2.15. The third-order valence-electron chi connectivity index (χ3n) is 6.54. The molecule has 2 aromatic heterocycles. The van der Waals surface area contributed by atoms with E-state index in [0.717, 1.165) is 29.9 Å². The molecule has 0 aliphatic carbocycles. The van der Waals surface area contributed by atoms with E-state index in [4.69, 9.17) is 10.2 Å². The molecule has 0 atom stereocenters. The van der Waals surface area contributed by atoms with Crippen molar-refractivity contribution in [1.29, 1.82) is 0 Å². The van der Waals surface area contributed by atoms with Crippen LogP contribution in [0.5, 0.6) is 0 Å². The molecule has 0 spiro atoms. The van der Waals surface area contributed by atoms with Gasteiger partial charge in [-0.2, -0.15) is 0 Å². The SMILES string of the molecule is CCN(CC)CC(=O)Nc1c(C)cc(C)cc1C.Cc1cc(=O)[nH]c(=O)[nH]1.O=[n+]1c(CO)c(CO)n([O-])c2ccccc21. The summed E-state index contributed by atoms with van der Waals surface area (Å²) in [5.41, 5.74) is 4.26. The van der Waals surface area contributed by atoms with E-state index < -0.39 is 18.9 Å². The molecule has 0 radical (unpaired) electrons. The smallest absolute Gasteiger partial charge is 0.325 e. The van der Waals surface area contributed by atoms with Crippen molar-refractivity contribution in [2.24, 2.45) is 0 Å². The molecular weight excluding hydrogens is 556 g/mol. The number of H-pyrrole nitrogens is 2. The lowest BCUT2D eigenvalue weighted by Gasteiger charge is -2.19. The van der Waals surface area contributed by atoms with Crippen LogP contribution in [0.25, 0.3) is 11.0 Å². The minimum atomic E-state index is -0.591. The number of aliphatic hydroxyl groups is 2. The van der Waals surface area contributed by atoms with Gasteiger partial charge in [-0.05, 0) is 58.0 Å². The van der Waals surface area contributed by atoms with Crippen LogP contribution < -0.4 is 21.0 Å². The van der Waals surface area contributed by atoms with Crippen LogP contribution in [0.3, 0.4) is 0 Å². The molecule has 232 valence electrons. The van der Waals surface area contributed by atoms with Crippen molar-refractivity contribution < 1.29 is 19.4 Å². The summed E-state index contributed by atoms with van der Waals surface area (Å²) in [6, 6.07) is 11.7. The monoisotopic (exact) mass is 596 g/mol. The Labute approximate surface area is 248 Å². The van der Waals surface area contributed by atoms with E-state index in [0.29, 0.717) is 21.4 Å². The molecule has 5 N–H and O–H groups in total. The minimum absolute atomic E-state index is 0.0637. The highest BCUT2D eigenvalue weighted by Crippen LogP contribution is 2.21. The second-order valence-corrected chi connectivity index (χ2v) is 9.84. The van der Waals surface area contributed by atoms with E-state index in [9.17, 15) is 24.5 Å². The zero-order valence-corrected chi connectivity index (χ0v) is 25.4. The maximum atomic E-state index is 12.0. The van der Waals surface area contributed by atoms with Crippen LogP contribution >= 0.6 is 0 Å². The number of amides is 1. The summed E-state index contributed by atoms with van der Waals surface area (Å²) in [4.78, 5) is 51.1. The van der Waals surface area contributed by atoms with Crippen molar-refractivity contribution in [2.75, 3.05) is 25.0 Å². The van der Waals surface area contributed by atoms with Gasteiger partial charge in [-0.3, -0.25) is 19.5 Å². The van der Waals surface area contributed by atoms with Crippen LogP contribution in [-0.2, 0) is 18.0 Å². The van der Waals surface area contributed by atoms with Crippen molar-refractivity contribution in [1.82, 2.24) is 19.6 Å². The maximum absolute atomic E-state index is 12.0. The molecule has 2 heterocycles. The molecule has 0 aliphatic rings. The number of carbonyl (C=O) groups excluding carboxylic acids is 1. The number of para-hydroxylation sites is 2. The summed E-state index contributed by atoms with van der Waals surface area (Å²) in [6.07, 6.45) is 0. The van der Waals surface area contributed by atoms with E-state index in [1.54, 1.807) is 19.1 Å². The Morgan fingerprint density at radius 2 is 1.58 bits per heavy atom. The number of aliphatic hydroxyl groups excluding tert-OH is 2. The number of rotatable bonds is 7. The van der Waals surface area contributed by atoms with Crippen molar-refractivity contribution >= 4 is 22.6 Å². The van der Waals surface area contributed by atoms with Gasteiger partial charge in [0, 0.05) is 28.4 Å². The van der Waals surface area contributed by atoms with Crippen molar-refractivity contribution in [3.8, 4) is 0 Å². The van der Waals surface area contributed by atoms with Gasteiger partial charge in [0.1, 0.15) is 17.8 Å². The van der Waals surface area contributed by atoms with E-state index in [1.165, 1.54) is 23.8 Å². The van der Waals surface area contributed by atoms with Crippen LogP contribution in [0.1, 0.15) is 47.6 Å². The predicted molar refractivity (Wildman–Crippen MR) is 165 cm³/mol. The van der Waals surface area contributed by atoms with E-state index >= 15 is 0 Å². The number of nitrogens with zero attached hydrogens (tertiary/aromatic N) is 3. The summed E-state index contributed by atoms with van der Waals surface area (Å²) in [6.45, 7) is 13.0. The van der Waals surface area contributed by atoms with Gasteiger partial charge in [0.05, 0.1) is 17.6 Å². The number of anilines is 1. The largest absolute Gasteiger partial charge is 0.805 e. The average molecular weight is 597 g/mol. The van der Waals surface area contributed by atoms with Crippen LogP contribution in [0, 0.1) is 37.8 Å². The van der Waals surface area contributed by atoms with Crippen molar-refractivity contribution in [3.05, 3.63) is 107 Å². The number of fused-ring (bicyclic) bond motifs is 1. The summed E-state index contributed by atoms with van der Waals surface area (Å²) in [5, 5.41) is 32.9. The van der Waals surface area contributed by atoms with Gasteiger partial charge in [-0.1, -0.05) is 43.7 Å². The lowest BCUT2D eigenvalue weighted by molar-refractivity contribution is -0.480. The fraction of sp³-hybridized carbons (Fsp3) is 0.367. The Morgan fingerprint density at radius 3 is 2.09 bits per heavy atom. The second-order valence-electron chi connectivity index (χ2n) is 9.84. The molecule has 4 aromatic rings. The zero-order valence-electron chi connectivity index (χ0n) is 25.4. The number of aromatic nitrogens is 4. The average Bonchev–Trinajstić information content (AvgIpc) is 2.95. The van der Waals surface area contributed by atoms with Gasteiger partial charge in [0.15, 0.2) is 0 Å². The Kier molecular flexibility index (Phi) is 13.0. The second kappa shape index (κ2) is 16.2. The van der Waals surface area contributed by atoms with Crippen LogP contribution in [0.15, 0.2) is 52.1 Å². The van der Waals surface area contributed by atoms with Gasteiger partial charge >= 0.3 is 5.69 Å². The third kappa shape index (κ3) is 9.46. The molecule has 4 rings (SSSR count). The number of carbonyl (C=O) groups is 1. The standard InChI is InChI=1S/C15H24N2O.C10H10N2O4.C5H6N2O2/c1-6-17(7-2)10-14(18)16-15-12(4)8-11(3)9-13(15)5;13-5-9-10(6-14)12(16)8-4-2-1-3-7(8)11(9)15;1-3-2-4(8)7-5(9)6-3/h8-9H,6-7,10H2,1-5H3,(H,16,18);1-4,13-14H,5-6H2;2H,1H3,(H2,6,7,8,9). The first-order valence-corrected chi connectivity index (χ1v) is 13.7. The molecular formula is C30H40N6O7. The molecule has 43 heavy (non-hydrogen) atoms. The fourth-order valence-corrected chi connectivity index (χ4v) is 4.44. The number of hydrogen-bond acceptors (Lipinski definition) is 8. The Bertz CT molecular complexity index is 1670. The van der Waals surface area contributed by atoms with Crippen LogP contribution in [0.2, 0.25) is 0 Å². The Balaban J connectivity index is 0.000000237. The van der Waals surface area contributed by atoms with Gasteiger partial charge in [-0.25, -0.2) is 4.79 Å². The maximum Gasteiger partial charge on any atom is 0.325 e. The van der Waals surface area contributed by atoms with Gasteiger partial charge in [-0.15, -0.1) is 0 Å². The number of benzene rings is 2. The highest BCUT2D eigenvalue weighted by atomic mass is 16.5. The lowest BCUT2D eigenvalue weighted by atomic mass is 10.1. The normalized spacial score (nSPS) is 10.5. The highest BCUT2D eigenvalue weighted by molar-refractivity contribution is 5.93. The Hall–Kier alpha value is -4.59. The van der Waals surface area contributed by atoms with Crippen molar-refractivity contribution in [3.63, 3.8) is 0 Å². The molecule has 2 aromatic carbocycles. The molecule has 0 unspecified atom stereocenters. The quantitative estimate of drug-likeness (QED) is 0.201. The molecule has 0 fully saturated rings. The van der Waals surface area contributed by atoms with E-state index in [-0.39, 0.29) is 33.9 Å². The molecule has 0 saturated carbocycles. The van der Waals surface area contributed by atoms with E-state index in [1.807, 2.05) is 18.8 Å². The molecule has 0 saturated heterocycles. The first-order valence-electron chi connectivity index (χ1n) is 13.7. The topological polar surface area (TPSA) is 189 Å². The minimum Gasteiger partial charge on any atom is -0.805 e. The van der Waals surface area contributed by atoms with Gasteiger partial charge in [0.25, 0.3) is 16.8 Å². The van der Waals surface area contributed by atoms with Crippen molar-refractivity contribution in [2.45, 2.75) is 54.8 Å². The first-order chi connectivity index (χ1) is 20.4. The molecule has 13 heteroatoms. The summed E-state index contributed by atoms with van der Waals surface area (Å²) in [7, 11) is 0. The third-order valence-corrected chi connectivity index (χ3v) is 6.54. The molecule has 13 nitrogen and oxygen atoms in total. The number of hydrogen-bond donors (Lipinski definition) is 5. The number of nitrogens with one attached hydrogen (secondary N) is 3. The number of aryl methyl sites for hydroxylation is 4. The zero-order chi connectivity index (χ0) is 32.3. The highest BCUT2D eigenvalue weighted by Gasteiger charge is 2.20. The van der Waals surface area contributed by atoms with Gasteiger partial charge < -0.3 is 30.5 Å². The molecule has 0 bridgehead atoms.